The molecule has 1 fully saturated rings. The third-order valence-electron chi connectivity index (χ3n) is 4.45. The number of carboxylic acids is 1. The molecule has 1 saturated heterocycles. The lowest BCUT2D eigenvalue weighted by atomic mass is 9.97. The highest BCUT2D eigenvalue weighted by molar-refractivity contribution is 7.10. The van der Waals surface area contributed by atoms with Crippen molar-refractivity contribution in [3.8, 4) is 0 Å². The fraction of sp³-hybridized carbons (Fsp3) is 0.600. The van der Waals surface area contributed by atoms with Gasteiger partial charge in [-0.05, 0) is 55.3 Å². The number of nitrogens with zero attached hydrogens (tertiary/aromatic N) is 1. The molecule has 0 aromatic carbocycles. The van der Waals surface area contributed by atoms with E-state index in [0.717, 1.165) is 42.8 Å². The topological polar surface area (TPSA) is 69.6 Å². The Labute approximate surface area is 128 Å². The zero-order chi connectivity index (χ0) is 14.8. The number of hydrogen-bond donors (Lipinski definition) is 2. The Hall–Kier alpha value is -1.40. The molecule has 0 aliphatic carbocycles. The molecule has 0 radical (unpaired) electrons. The SMILES string of the molecule is O=C(O)C1c2ccsc2CCN1C(=O)CCC1CCNC1. The van der Waals surface area contributed by atoms with E-state index in [2.05, 4.69) is 5.32 Å². The van der Waals surface area contributed by atoms with Gasteiger partial charge in [0.15, 0.2) is 6.04 Å². The maximum Gasteiger partial charge on any atom is 0.331 e. The van der Waals surface area contributed by atoms with E-state index >= 15 is 0 Å². The van der Waals surface area contributed by atoms with E-state index in [0.29, 0.717) is 18.9 Å². The number of thiophene rings is 1. The standard InChI is InChI=1S/C15H20N2O3S/c18-13(2-1-10-3-6-16-9-10)17-7-4-12-11(5-8-21-12)14(17)15(19)20/h5,8,10,14,16H,1-4,6-7,9H2,(H,19,20). The van der Waals surface area contributed by atoms with E-state index in [-0.39, 0.29) is 5.91 Å². The normalized spacial score (nSPS) is 24.9. The van der Waals surface area contributed by atoms with Crippen LogP contribution in [0.1, 0.15) is 35.7 Å². The highest BCUT2D eigenvalue weighted by atomic mass is 32.1. The van der Waals surface area contributed by atoms with E-state index < -0.39 is 12.0 Å². The van der Waals surface area contributed by atoms with Crippen LogP contribution in [0.15, 0.2) is 11.4 Å². The molecule has 0 bridgehead atoms. The van der Waals surface area contributed by atoms with Gasteiger partial charge in [-0.2, -0.15) is 0 Å². The van der Waals surface area contributed by atoms with Gasteiger partial charge in [0.05, 0.1) is 0 Å². The first-order chi connectivity index (χ1) is 10.2. The second-order valence-corrected chi connectivity index (χ2v) is 6.78. The molecule has 2 N–H and O–H groups in total. The van der Waals surface area contributed by atoms with Crippen LogP contribution in [0.25, 0.3) is 0 Å². The van der Waals surface area contributed by atoms with Gasteiger partial charge in [-0.3, -0.25) is 4.79 Å². The number of rotatable bonds is 4. The lowest BCUT2D eigenvalue weighted by Gasteiger charge is -2.33. The summed E-state index contributed by atoms with van der Waals surface area (Å²) in [4.78, 5) is 26.7. The molecular formula is C15H20N2O3S. The van der Waals surface area contributed by atoms with Gasteiger partial charge in [-0.25, -0.2) is 4.79 Å². The molecule has 1 aromatic heterocycles. The number of carbonyl (C=O) groups is 2. The quantitative estimate of drug-likeness (QED) is 0.887. The summed E-state index contributed by atoms with van der Waals surface area (Å²) >= 11 is 1.58. The number of nitrogens with one attached hydrogen (secondary N) is 1. The highest BCUT2D eigenvalue weighted by Gasteiger charge is 2.36. The third-order valence-corrected chi connectivity index (χ3v) is 5.45. The van der Waals surface area contributed by atoms with Crippen molar-refractivity contribution in [2.45, 2.75) is 31.7 Å². The van der Waals surface area contributed by atoms with Gasteiger partial charge >= 0.3 is 5.97 Å². The van der Waals surface area contributed by atoms with Crippen LogP contribution in [0.4, 0.5) is 0 Å². The number of hydrogen-bond acceptors (Lipinski definition) is 4. The molecule has 21 heavy (non-hydrogen) atoms. The Kier molecular flexibility index (Phi) is 4.26. The number of carbonyl (C=O) groups excluding carboxylic acids is 1. The Morgan fingerprint density at radius 1 is 1.48 bits per heavy atom. The second kappa shape index (κ2) is 6.15. The molecule has 3 rings (SSSR count). The van der Waals surface area contributed by atoms with Gasteiger partial charge in [0.1, 0.15) is 0 Å². The van der Waals surface area contributed by atoms with Crippen molar-refractivity contribution in [1.82, 2.24) is 10.2 Å². The maximum atomic E-state index is 12.4. The highest BCUT2D eigenvalue weighted by Crippen LogP contribution is 2.34. The van der Waals surface area contributed by atoms with E-state index in [4.69, 9.17) is 0 Å². The summed E-state index contributed by atoms with van der Waals surface area (Å²) in [5.41, 5.74) is 0.801. The van der Waals surface area contributed by atoms with Gasteiger partial charge < -0.3 is 15.3 Å². The Bertz CT molecular complexity index is 537. The van der Waals surface area contributed by atoms with Crippen LogP contribution in [0.2, 0.25) is 0 Å². The van der Waals surface area contributed by atoms with Crippen LogP contribution in [0.5, 0.6) is 0 Å². The summed E-state index contributed by atoms with van der Waals surface area (Å²) in [6.45, 7) is 2.52. The molecule has 114 valence electrons. The molecule has 2 aliphatic heterocycles. The molecule has 1 aromatic rings. The minimum atomic E-state index is -0.926. The van der Waals surface area contributed by atoms with Crippen molar-refractivity contribution in [1.29, 1.82) is 0 Å². The zero-order valence-electron chi connectivity index (χ0n) is 11.9. The van der Waals surface area contributed by atoms with Crippen molar-refractivity contribution >= 4 is 23.2 Å². The molecule has 3 heterocycles. The lowest BCUT2D eigenvalue weighted by Crippen LogP contribution is -2.43. The zero-order valence-corrected chi connectivity index (χ0v) is 12.7. The molecule has 5 nitrogen and oxygen atoms in total. The van der Waals surface area contributed by atoms with Gasteiger partial charge in [0, 0.05) is 17.8 Å². The summed E-state index contributed by atoms with van der Waals surface area (Å²) in [6, 6.07) is 1.05. The average Bonchev–Trinajstić information content (AvgIpc) is 3.14. The number of amides is 1. The van der Waals surface area contributed by atoms with E-state index in [1.54, 1.807) is 16.2 Å². The molecule has 0 saturated carbocycles. The minimum absolute atomic E-state index is 0.0221. The van der Waals surface area contributed by atoms with Crippen molar-refractivity contribution in [2.24, 2.45) is 5.92 Å². The van der Waals surface area contributed by atoms with Crippen molar-refractivity contribution in [3.63, 3.8) is 0 Å². The monoisotopic (exact) mass is 308 g/mol. The van der Waals surface area contributed by atoms with Crippen LogP contribution < -0.4 is 5.32 Å². The number of aliphatic carboxylic acids is 1. The van der Waals surface area contributed by atoms with Crippen molar-refractivity contribution in [2.75, 3.05) is 19.6 Å². The van der Waals surface area contributed by atoms with Gasteiger partial charge in [-0.15, -0.1) is 11.3 Å². The first-order valence-electron chi connectivity index (χ1n) is 7.46. The van der Waals surface area contributed by atoms with Crippen LogP contribution >= 0.6 is 11.3 Å². The molecule has 2 atom stereocenters. The Morgan fingerprint density at radius 2 is 2.33 bits per heavy atom. The second-order valence-electron chi connectivity index (χ2n) is 5.77. The summed E-state index contributed by atoms with van der Waals surface area (Å²) in [7, 11) is 0. The van der Waals surface area contributed by atoms with E-state index in [1.165, 1.54) is 0 Å². The fourth-order valence-corrected chi connectivity index (χ4v) is 4.19. The average molecular weight is 308 g/mol. The van der Waals surface area contributed by atoms with Gasteiger partial charge in [-0.1, -0.05) is 0 Å². The van der Waals surface area contributed by atoms with Crippen LogP contribution in [-0.4, -0.2) is 41.5 Å². The molecule has 6 heteroatoms. The third kappa shape index (κ3) is 2.96. The van der Waals surface area contributed by atoms with E-state index in [1.807, 2.05) is 11.4 Å². The van der Waals surface area contributed by atoms with Gasteiger partial charge in [0.25, 0.3) is 0 Å². The largest absolute Gasteiger partial charge is 0.479 e. The van der Waals surface area contributed by atoms with Crippen LogP contribution in [0.3, 0.4) is 0 Å². The molecular weight excluding hydrogens is 288 g/mol. The Balaban J connectivity index is 1.68. The number of fused-ring (bicyclic) bond motifs is 1. The predicted octanol–water partition coefficient (Wildman–Crippen LogP) is 1.65. The summed E-state index contributed by atoms with van der Waals surface area (Å²) in [5.74, 6) is -0.393. The summed E-state index contributed by atoms with van der Waals surface area (Å²) in [6.07, 6.45) is 3.19. The summed E-state index contributed by atoms with van der Waals surface area (Å²) in [5, 5.41) is 14.7. The first kappa shape index (κ1) is 14.5. The first-order valence-corrected chi connectivity index (χ1v) is 8.34. The van der Waals surface area contributed by atoms with Crippen molar-refractivity contribution in [3.05, 3.63) is 21.9 Å². The minimum Gasteiger partial charge on any atom is -0.479 e. The molecule has 0 spiro atoms. The van der Waals surface area contributed by atoms with E-state index in [9.17, 15) is 14.7 Å². The maximum absolute atomic E-state index is 12.4. The lowest BCUT2D eigenvalue weighted by molar-refractivity contribution is -0.151. The van der Waals surface area contributed by atoms with Crippen LogP contribution in [-0.2, 0) is 16.0 Å². The molecule has 2 aliphatic rings. The number of carboxylic acid groups (broad SMARTS) is 1. The van der Waals surface area contributed by atoms with Crippen molar-refractivity contribution < 1.29 is 14.7 Å². The molecule has 2 unspecified atom stereocenters. The predicted molar refractivity (Wildman–Crippen MR) is 80.3 cm³/mol. The van der Waals surface area contributed by atoms with Gasteiger partial charge in [0.2, 0.25) is 5.91 Å². The Morgan fingerprint density at radius 3 is 3.05 bits per heavy atom. The summed E-state index contributed by atoms with van der Waals surface area (Å²) < 4.78 is 0. The fourth-order valence-electron chi connectivity index (χ4n) is 3.28. The molecule has 1 amide bonds. The van der Waals surface area contributed by atoms with Crippen LogP contribution in [0, 0.1) is 5.92 Å². The smallest absolute Gasteiger partial charge is 0.331 e.